The molecule has 0 unspecified atom stereocenters. The second kappa shape index (κ2) is 3.12. The van der Waals surface area contributed by atoms with E-state index < -0.39 is 11.9 Å². The Hall–Kier alpha value is -1.46. The number of ether oxygens (including phenoxy) is 1. The van der Waals surface area contributed by atoms with Gasteiger partial charge < -0.3 is 10.5 Å². The highest BCUT2D eigenvalue weighted by Crippen LogP contribution is 2.34. The number of halogens is 3. The van der Waals surface area contributed by atoms with Crippen LogP contribution in [0.4, 0.5) is 18.9 Å². The molecule has 1 aromatic rings. The van der Waals surface area contributed by atoms with Gasteiger partial charge in [-0.1, -0.05) is 0 Å². The van der Waals surface area contributed by atoms with E-state index in [1.165, 1.54) is 0 Å². The molecule has 6 heteroatoms. The van der Waals surface area contributed by atoms with Crippen LogP contribution in [0.2, 0.25) is 0 Å². The number of nitrogen functional groups attached to an aromatic ring is 1. The molecule has 0 saturated carbocycles. The first-order valence-electron chi connectivity index (χ1n) is 3.32. The van der Waals surface area contributed by atoms with Crippen LogP contribution in [0.3, 0.4) is 0 Å². The molecule has 0 bridgehead atoms. The zero-order chi connectivity index (χ0) is 10.1. The summed E-state index contributed by atoms with van der Waals surface area (Å²) in [4.78, 5) is 3.15. The highest BCUT2D eigenvalue weighted by Gasteiger charge is 2.36. The molecule has 0 aliphatic heterocycles. The van der Waals surface area contributed by atoms with E-state index in [2.05, 4.69) is 9.72 Å². The molecule has 0 aliphatic rings. The number of nitrogens with zero attached hydrogens (tertiary/aromatic N) is 1. The van der Waals surface area contributed by atoms with Crippen molar-refractivity contribution in [2.24, 2.45) is 0 Å². The van der Waals surface area contributed by atoms with Crippen LogP contribution >= 0.6 is 0 Å². The maximum Gasteiger partial charge on any atom is 0.437 e. The fourth-order valence-electron chi connectivity index (χ4n) is 0.828. The summed E-state index contributed by atoms with van der Waals surface area (Å²) < 4.78 is 41.0. The molecule has 0 saturated heterocycles. The smallest absolute Gasteiger partial charge is 0.437 e. The van der Waals surface area contributed by atoms with Crippen LogP contribution in [0, 0.1) is 0 Å². The zero-order valence-electron chi connectivity index (χ0n) is 6.72. The third kappa shape index (κ3) is 2.01. The number of alkyl halides is 3. The normalized spacial score (nSPS) is 11.4. The second-order valence-corrected chi connectivity index (χ2v) is 2.32. The van der Waals surface area contributed by atoms with Crippen molar-refractivity contribution in [3.8, 4) is 5.75 Å². The Morgan fingerprint density at radius 2 is 2.08 bits per heavy atom. The second-order valence-electron chi connectivity index (χ2n) is 2.32. The molecule has 3 nitrogen and oxygen atoms in total. The molecule has 0 aromatic carbocycles. The topological polar surface area (TPSA) is 48.1 Å². The molecule has 13 heavy (non-hydrogen) atoms. The number of hydrogen-bond acceptors (Lipinski definition) is 3. The van der Waals surface area contributed by atoms with Gasteiger partial charge in [-0.3, -0.25) is 0 Å². The lowest BCUT2D eigenvalue weighted by molar-refractivity contribution is -0.142. The molecule has 72 valence electrons. The minimum Gasteiger partial charge on any atom is -0.494 e. The van der Waals surface area contributed by atoms with Crippen molar-refractivity contribution in [1.82, 2.24) is 4.98 Å². The summed E-state index contributed by atoms with van der Waals surface area (Å²) in [6.07, 6.45) is -3.58. The van der Waals surface area contributed by atoms with Crippen LogP contribution in [0.25, 0.3) is 0 Å². The minimum absolute atomic E-state index is 0.129. The molecule has 0 fully saturated rings. The fraction of sp³-hybridized carbons (Fsp3) is 0.286. The van der Waals surface area contributed by atoms with Gasteiger partial charge >= 0.3 is 6.18 Å². The van der Waals surface area contributed by atoms with Gasteiger partial charge in [-0.25, -0.2) is 4.98 Å². The van der Waals surface area contributed by atoms with Crippen LogP contribution in [-0.2, 0) is 6.18 Å². The van der Waals surface area contributed by atoms with E-state index in [1.54, 1.807) is 0 Å². The molecule has 1 rings (SSSR count). The lowest BCUT2D eigenvalue weighted by Crippen LogP contribution is -2.10. The van der Waals surface area contributed by atoms with Gasteiger partial charge in [-0.15, -0.1) is 0 Å². The maximum absolute atomic E-state index is 12.2. The molecule has 0 spiro atoms. The number of hydrogen-bond donors (Lipinski definition) is 1. The number of rotatable bonds is 1. The average Bonchev–Trinajstić information content (AvgIpc) is 2.01. The zero-order valence-corrected chi connectivity index (χ0v) is 6.72. The van der Waals surface area contributed by atoms with Crippen molar-refractivity contribution in [3.63, 3.8) is 0 Å². The van der Waals surface area contributed by atoms with Crippen molar-refractivity contribution in [3.05, 3.63) is 18.0 Å². The van der Waals surface area contributed by atoms with Gasteiger partial charge in [0.25, 0.3) is 0 Å². The Morgan fingerprint density at radius 3 is 2.54 bits per heavy atom. The number of anilines is 1. The molecule has 0 aliphatic carbocycles. The summed E-state index contributed by atoms with van der Waals surface area (Å²) in [6, 6.07) is 1.08. The Balaban J connectivity index is 3.22. The van der Waals surface area contributed by atoms with Crippen molar-refractivity contribution < 1.29 is 17.9 Å². The Morgan fingerprint density at radius 1 is 1.46 bits per heavy atom. The van der Waals surface area contributed by atoms with Crippen LogP contribution < -0.4 is 10.5 Å². The van der Waals surface area contributed by atoms with Crippen molar-refractivity contribution in [2.75, 3.05) is 12.8 Å². The van der Waals surface area contributed by atoms with E-state index in [0.29, 0.717) is 0 Å². The molecule has 0 amide bonds. The number of methoxy groups -OCH3 is 1. The summed E-state index contributed by atoms with van der Waals surface area (Å²) in [5.41, 5.74) is 4.30. The molecule has 0 radical (unpaired) electrons. The third-order valence-corrected chi connectivity index (χ3v) is 1.36. The van der Waals surface area contributed by atoms with Gasteiger partial charge in [0.05, 0.1) is 19.0 Å². The molecule has 0 atom stereocenters. The standard InChI is InChI=1S/C7H7F3N2O/c1-13-5-2-4(11)3-12-6(5)7(8,9)10/h2-3H,11H2,1H3. The van der Waals surface area contributed by atoms with Crippen LogP contribution in [-0.4, -0.2) is 12.1 Å². The predicted octanol–water partition coefficient (Wildman–Crippen LogP) is 1.69. The van der Waals surface area contributed by atoms with Gasteiger partial charge in [-0.2, -0.15) is 13.2 Å². The monoisotopic (exact) mass is 192 g/mol. The van der Waals surface area contributed by atoms with E-state index in [4.69, 9.17) is 5.73 Å². The molecule has 1 heterocycles. The summed E-state index contributed by atoms with van der Waals surface area (Å²) in [7, 11) is 1.13. The summed E-state index contributed by atoms with van der Waals surface area (Å²) >= 11 is 0. The van der Waals surface area contributed by atoms with Crippen molar-refractivity contribution in [1.29, 1.82) is 0 Å². The van der Waals surface area contributed by atoms with E-state index in [9.17, 15) is 13.2 Å². The Labute approximate surface area is 72.3 Å². The molecule has 2 N–H and O–H groups in total. The number of nitrogens with two attached hydrogens (primary N) is 1. The lowest BCUT2D eigenvalue weighted by atomic mass is 10.3. The molecular formula is C7H7F3N2O. The van der Waals surface area contributed by atoms with Gasteiger partial charge in [0, 0.05) is 6.07 Å². The summed E-state index contributed by atoms with van der Waals surface area (Å²) in [6.45, 7) is 0. The average molecular weight is 192 g/mol. The summed E-state index contributed by atoms with van der Waals surface area (Å²) in [5, 5.41) is 0. The van der Waals surface area contributed by atoms with Crippen molar-refractivity contribution in [2.45, 2.75) is 6.18 Å². The largest absolute Gasteiger partial charge is 0.494 e. The highest BCUT2D eigenvalue weighted by molar-refractivity contribution is 5.44. The SMILES string of the molecule is COc1cc(N)cnc1C(F)(F)F. The Bertz CT molecular complexity index is 311. The lowest BCUT2D eigenvalue weighted by Gasteiger charge is -2.10. The first kappa shape index (κ1) is 9.63. The van der Waals surface area contributed by atoms with Crippen LogP contribution in [0.5, 0.6) is 5.75 Å². The quantitative estimate of drug-likeness (QED) is 0.736. The first-order valence-corrected chi connectivity index (χ1v) is 3.32. The minimum atomic E-state index is -4.51. The van der Waals surface area contributed by atoms with E-state index in [-0.39, 0.29) is 11.4 Å². The first-order chi connectivity index (χ1) is 5.95. The number of pyridine rings is 1. The third-order valence-electron chi connectivity index (χ3n) is 1.36. The van der Waals surface area contributed by atoms with Gasteiger partial charge in [0.2, 0.25) is 0 Å². The Kier molecular flexibility index (Phi) is 2.31. The van der Waals surface area contributed by atoms with Crippen LogP contribution in [0.1, 0.15) is 5.69 Å². The van der Waals surface area contributed by atoms with Crippen LogP contribution in [0.15, 0.2) is 12.3 Å². The fourth-order valence-corrected chi connectivity index (χ4v) is 0.828. The van der Waals surface area contributed by atoms with E-state index in [0.717, 1.165) is 19.4 Å². The predicted molar refractivity (Wildman–Crippen MR) is 40.2 cm³/mol. The van der Waals surface area contributed by atoms with Gasteiger partial charge in [-0.05, 0) is 0 Å². The van der Waals surface area contributed by atoms with Crippen molar-refractivity contribution >= 4 is 5.69 Å². The molecular weight excluding hydrogens is 185 g/mol. The summed E-state index contributed by atoms with van der Waals surface area (Å²) in [5.74, 6) is -0.368. The maximum atomic E-state index is 12.2. The van der Waals surface area contributed by atoms with Gasteiger partial charge in [0.1, 0.15) is 0 Å². The van der Waals surface area contributed by atoms with E-state index in [1.807, 2.05) is 0 Å². The molecule has 1 aromatic heterocycles. The number of aromatic nitrogens is 1. The highest BCUT2D eigenvalue weighted by atomic mass is 19.4. The van der Waals surface area contributed by atoms with Gasteiger partial charge in [0.15, 0.2) is 11.4 Å². The van der Waals surface area contributed by atoms with E-state index >= 15 is 0 Å².